The second-order valence-corrected chi connectivity index (χ2v) is 6.20. The minimum absolute atomic E-state index is 0.0819. The molecular formula is C17H20N4O. The van der Waals surface area contributed by atoms with Crippen molar-refractivity contribution >= 4 is 21.8 Å². The van der Waals surface area contributed by atoms with Gasteiger partial charge in [-0.15, -0.1) is 0 Å². The molecule has 1 aliphatic heterocycles. The molecule has 1 fully saturated rings. The molecule has 0 atom stereocenters. The third-order valence-corrected chi connectivity index (χ3v) is 4.76. The molecule has 0 amide bonds. The van der Waals surface area contributed by atoms with Gasteiger partial charge in [0.25, 0.3) is 5.56 Å². The number of H-pyrrole nitrogens is 1. The molecule has 5 nitrogen and oxygen atoms in total. The number of hydrogen-bond acceptors (Lipinski definition) is 3. The monoisotopic (exact) mass is 296 g/mol. The summed E-state index contributed by atoms with van der Waals surface area (Å²) >= 11 is 0. The molecule has 4 rings (SSSR count). The Kier molecular flexibility index (Phi) is 3.22. The number of rotatable bonds is 2. The van der Waals surface area contributed by atoms with Crippen molar-refractivity contribution in [2.75, 3.05) is 13.1 Å². The zero-order chi connectivity index (χ0) is 15.1. The molecule has 114 valence electrons. The number of benzene rings is 1. The molecular weight excluding hydrogens is 276 g/mol. The average molecular weight is 296 g/mol. The van der Waals surface area contributed by atoms with Crippen LogP contribution < -0.4 is 10.9 Å². The highest BCUT2D eigenvalue weighted by Crippen LogP contribution is 2.24. The summed E-state index contributed by atoms with van der Waals surface area (Å²) in [6.45, 7) is 4.80. The molecule has 3 aromatic rings. The van der Waals surface area contributed by atoms with Gasteiger partial charge in [-0.3, -0.25) is 9.89 Å². The fraction of sp³-hybridized carbons (Fsp3) is 0.412. The van der Waals surface area contributed by atoms with Crippen LogP contribution in [0.15, 0.2) is 29.1 Å². The highest BCUT2D eigenvalue weighted by molar-refractivity contribution is 6.03. The van der Waals surface area contributed by atoms with Gasteiger partial charge in [-0.25, -0.2) is 0 Å². The maximum atomic E-state index is 13.0. The summed E-state index contributed by atoms with van der Waals surface area (Å²) in [5.41, 5.74) is 2.72. The first-order valence-corrected chi connectivity index (χ1v) is 7.92. The van der Waals surface area contributed by atoms with Crippen LogP contribution in [0.25, 0.3) is 21.8 Å². The second kappa shape index (κ2) is 5.25. The van der Waals surface area contributed by atoms with Crippen molar-refractivity contribution in [2.24, 2.45) is 5.92 Å². The minimum Gasteiger partial charge on any atom is -0.317 e. The van der Waals surface area contributed by atoms with Gasteiger partial charge in [0.05, 0.1) is 10.9 Å². The Balaban J connectivity index is 1.95. The van der Waals surface area contributed by atoms with E-state index in [1.807, 2.05) is 29.7 Å². The van der Waals surface area contributed by atoms with Crippen LogP contribution in [0.5, 0.6) is 0 Å². The van der Waals surface area contributed by atoms with E-state index in [0.717, 1.165) is 60.0 Å². The Labute approximate surface area is 128 Å². The molecule has 5 heteroatoms. The maximum Gasteiger partial charge on any atom is 0.262 e. The quantitative estimate of drug-likeness (QED) is 0.762. The first kappa shape index (κ1) is 13.5. The third-order valence-electron chi connectivity index (χ3n) is 4.76. The Morgan fingerprint density at radius 1 is 1.27 bits per heavy atom. The van der Waals surface area contributed by atoms with Crippen LogP contribution in [-0.2, 0) is 6.54 Å². The Bertz CT molecular complexity index is 887. The van der Waals surface area contributed by atoms with Crippen molar-refractivity contribution in [1.82, 2.24) is 20.1 Å². The van der Waals surface area contributed by atoms with Crippen LogP contribution in [0.2, 0.25) is 0 Å². The van der Waals surface area contributed by atoms with Crippen molar-refractivity contribution in [2.45, 2.75) is 26.3 Å². The van der Waals surface area contributed by atoms with Crippen LogP contribution in [0.4, 0.5) is 0 Å². The van der Waals surface area contributed by atoms with E-state index in [4.69, 9.17) is 0 Å². The van der Waals surface area contributed by atoms with E-state index >= 15 is 0 Å². The predicted molar refractivity (Wildman–Crippen MR) is 88.2 cm³/mol. The van der Waals surface area contributed by atoms with Crippen molar-refractivity contribution in [3.63, 3.8) is 0 Å². The zero-order valence-electron chi connectivity index (χ0n) is 12.7. The van der Waals surface area contributed by atoms with Crippen molar-refractivity contribution < 1.29 is 0 Å². The number of hydrogen-bond donors (Lipinski definition) is 2. The zero-order valence-corrected chi connectivity index (χ0v) is 12.7. The fourth-order valence-corrected chi connectivity index (χ4v) is 3.54. The van der Waals surface area contributed by atoms with E-state index in [0.29, 0.717) is 5.92 Å². The number of aryl methyl sites for hydroxylation is 1. The summed E-state index contributed by atoms with van der Waals surface area (Å²) in [7, 11) is 0. The van der Waals surface area contributed by atoms with E-state index in [-0.39, 0.29) is 5.56 Å². The SMILES string of the molecule is Cc1[nH]nc2c1c(=O)n(CC1CCNCC1)c1ccccc21. The molecule has 22 heavy (non-hydrogen) atoms. The van der Waals surface area contributed by atoms with Gasteiger partial charge in [-0.1, -0.05) is 18.2 Å². The van der Waals surface area contributed by atoms with E-state index < -0.39 is 0 Å². The summed E-state index contributed by atoms with van der Waals surface area (Å²) in [6, 6.07) is 8.08. The standard InChI is InChI=1S/C17H20N4O/c1-11-15-16(20-19-11)13-4-2-3-5-14(13)21(17(15)22)10-12-6-8-18-9-7-12/h2-5,12,18H,6-10H2,1H3,(H,19,20). The predicted octanol–water partition coefficient (Wildman–Crippen LogP) is 2.19. The summed E-state index contributed by atoms with van der Waals surface area (Å²) in [4.78, 5) is 13.0. The molecule has 2 N–H and O–H groups in total. The first-order valence-electron chi connectivity index (χ1n) is 7.92. The number of pyridine rings is 1. The lowest BCUT2D eigenvalue weighted by atomic mass is 9.97. The van der Waals surface area contributed by atoms with Crippen LogP contribution in [0.1, 0.15) is 18.5 Å². The molecule has 1 aromatic carbocycles. The van der Waals surface area contributed by atoms with Crippen LogP contribution in [0, 0.1) is 12.8 Å². The normalized spacial score (nSPS) is 16.6. The number of nitrogens with zero attached hydrogens (tertiary/aromatic N) is 2. The lowest BCUT2D eigenvalue weighted by molar-refractivity contribution is 0.334. The van der Waals surface area contributed by atoms with Gasteiger partial charge in [0.15, 0.2) is 0 Å². The second-order valence-electron chi connectivity index (χ2n) is 6.20. The van der Waals surface area contributed by atoms with E-state index in [9.17, 15) is 4.79 Å². The van der Waals surface area contributed by atoms with Crippen molar-refractivity contribution in [3.8, 4) is 0 Å². The molecule has 1 saturated heterocycles. The molecule has 0 saturated carbocycles. The lowest BCUT2D eigenvalue weighted by Crippen LogP contribution is -2.32. The van der Waals surface area contributed by atoms with Gasteiger partial charge in [-0.05, 0) is 44.8 Å². The van der Waals surface area contributed by atoms with Gasteiger partial charge in [0, 0.05) is 17.6 Å². The first-order chi connectivity index (χ1) is 10.8. The van der Waals surface area contributed by atoms with E-state index in [1.165, 1.54) is 0 Å². The van der Waals surface area contributed by atoms with E-state index in [1.54, 1.807) is 0 Å². The summed E-state index contributed by atoms with van der Waals surface area (Å²) < 4.78 is 1.95. The minimum atomic E-state index is 0.0819. The highest BCUT2D eigenvalue weighted by atomic mass is 16.1. The molecule has 0 spiro atoms. The van der Waals surface area contributed by atoms with E-state index in [2.05, 4.69) is 21.6 Å². The van der Waals surface area contributed by atoms with Gasteiger partial charge < -0.3 is 9.88 Å². The fourth-order valence-electron chi connectivity index (χ4n) is 3.54. The number of aromatic amines is 1. The number of piperidine rings is 1. The third kappa shape index (κ3) is 2.04. The molecule has 2 aromatic heterocycles. The Hall–Kier alpha value is -2.14. The van der Waals surface area contributed by atoms with Crippen LogP contribution >= 0.6 is 0 Å². The molecule has 0 radical (unpaired) electrons. The van der Waals surface area contributed by atoms with Crippen molar-refractivity contribution in [3.05, 3.63) is 40.3 Å². The lowest BCUT2D eigenvalue weighted by Gasteiger charge is -2.24. The van der Waals surface area contributed by atoms with Crippen molar-refractivity contribution in [1.29, 1.82) is 0 Å². The maximum absolute atomic E-state index is 13.0. The topological polar surface area (TPSA) is 62.7 Å². The molecule has 0 unspecified atom stereocenters. The Morgan fingerprint density at radius 3 is 2.86 bits per heavy atom. The van der Waals surface area contributed by atoms with Gasteiger partial charge in [-0.2, -0.15) is 5.10 Å². The number of fused-ring (bicyclic) bond motifs is 3. The number of aromatic nitrogens is 3. The molecule has 0 bridgehead atoms. The molecule has 3 heterocycles. The Morgan fingerprint density at radius 2 is 2.05 bits per heavy atom. The summed E-state index contributed by atoms with van der Waals surface area (Å²) in [6.07, 6.45) is 2.26. The highest BCUT2D eigenvalue weighted by Gasteiger charge is 2.19. The van der Waals surface area contributed by atoms with Gasteiger partial charge >= 0.3 is 0 Å². The van der Waals surface area contributed by atoms with Gasteiger partial charge in [0.2, 0.25) is 0 Å². The summed E-state index contributed by atoms with van der Waals surface area (Å²) in [5, 5.41) is 12.5. The van der Waals surface area contributed by atoms with Gasteiger partial charge in [0.1, 0.15) is 5.52 Å². The van der Waals surface area contributed by atoms with Crippen LogP contribution in [0.3, 0.4) is 0 Å². The molecule has 0 aliphatic carbocycles. The number of para-hydroxylation sites is 1. The average Bonchev–Trinajstić information content (AvgIpc) is 2.95. The summed E-state index contributed by atoms with van der Waals surface area (Å²) in [5.74, 6) is 0.562. The molecule has 1 aliphatic rings. The largest absolute Gasteiger partial charge is 0.317 e. The van der Waals surface area contributed by atoms with Crippen LogP contribution in [-0.4, -0.2) is 27.9 Å². The number of nitrogens with one attached hydrogen (secondary N) is 2. The smallest absolute Gasteiger partial charge is 0.262 e.